The number of thiocarbonyl (C=S) groups is 1. The molecule has 18 heavy (non-hydrogen) atoms. The van der Waals surface area contributed by atoms with Crippen molar-refractivity contribution in [2.24, 2.45) is 5.73 Å². The lowest BCUT2D eigenvalue weighted by Crippen LogP contribution is -2.19. The molecule has 2 rings (SSSR count). The second-order valence-corrected chi connectivity index (χ2v) is 4.27. The van der Waals surface area contributed by atoms with Gasteiger partial charge in [-0.3, -0.25) is 4.98 Å². The molecule has 0 bridgehead atoms. The topological polar surface area (TPSA) is 60.2 Å². The van der Waals surface area contributed by atoms with Crippen LogP contribution < -0.4 is 15.8 Å². The van der Waals surface area contributed by atoms with Crippen molar-refractivity contribution in [1.29, 1.82) is 0 Å². The van der Waals surface area contributed by atoms with Crippen LogP contribution in [0.5, 0.6) is 11.5 Å². The molecule has 0 saturated carbocycles. The van der Waals surface area contributed by atoms with Crippen LogP contribution in [-0.2, 0) is 0 Å². The van der Waals surface area contributed by atoms with Gasteiger partial charge in [-0.15, -0.1) is 0 Å². The number of nitrogens with one attached hydrogen (secondary N) is 1. The molecule has 3 N–H and O–H groups in total. The van der Waals surface area contributed by atoms with Crippen LogP contribution in [0.2, 0.25) is 5.02 Å². The van der Waals surface area contributed by atoms with E-state index in [4.69, 9.17) is 34.3 Å². The Morgan fingerprint density at radius 2 is 2.17 bits per heavy atom. The zero-order chi connectivity index (χ0) is 13.0. The first-order valence-electron chi connectivity index (χ1n) is 5.09. The quantitative estimate of drug-likeness (QED) is 0.845. The zero-order valence-electron chi connectivity index (χ0n) is 9.26. The number of benzene rings is 1. The Balaban J connectivity index is 2.16. The highest BCUT2D eigenvalue weighted by molar-refractivity contribution is 7.80. The number of anilines is 1. The van der Waals surface area contributed by atoms with Gasteiger partial charge >= 0.3 is 0 Å². The summed E-state index contributed by atoms with van der Waals surface area (Å²) in [5, 5.41) is 3.41. The summed E-state index contributed by atoms with van der Waals surface area (Å²) >= 11 is 10.8. The fourth-order valence-electron chi connectivity index (χ4n) is 1.34. The lowest BCUT2D eigenvalue weighted by molar-refractivity contribution is 0.480. The van der Waals surface area contributed by atoms with E-state index in [1.807, 2.05) is 6.07 Å². The maximum atomic E-state index is 6.07. The van der Waals surface area contributed by atoms with Crippen LogP contribution in [0.15, 0.2) is 42.7 Å². The molecule has 1 aromatic heterocycles. The molecule has 0 saturated heterocycles. The van der Waals surface area contributed by atoms with Crippen molar-refractivity contribution in [2.75, 3.05) is 5.32 Å². The summed E-state index contributed by atoms with van der Waals surface area (Å²) in [4.78, 5) is 3.96. The van der Waals surface area contributed by atoms with E-state index >= 15 is 0 Å². The molecular formula is C12H10ClN3OS. The van der Waals surface area contributed by atoms with Gasteiger partial charge in [-0.1, -0.05) is 11.6 Å². The summed E-state index contributed by atoms with van der Waals surface area (Å²) in [7, 11) is 0. The first-order chi connectivity index (χ1) is 8.65. The van der Waals surface area contributed by atoms with Crippen molar-refractivity contribution in [2.45, 2.75) is 0 Å². The van der Waals surface area contributed by atoms with Gasteiger partial charge in [0.1, 0.15) is 11.5 Å². The van der Waals surface area contributed by atoms with Gasteiger partial charge in [-0.25, -0.2) is 0 Å². The predicted molar refractivity (Wildman–Crippen MR) is 76.2 cm³/mol. The van der Waals surface area contributed by atoms with Crippen molar-refractivity contribution in [3.63, 3.8) is 0 Å². The molecule has 0 unspecified atom stereocenters. The van der Waals surface area contributed by atoms with Crippen LogP contribution in [0.4, 0.5) is 5.69 Å². The van der Waals surface area contributed by atoms with E-state index < -0.39 is 0 Å². The van der Waals surface area contributed by atoms with E-state index in [-0.39, 0.29) is 5.11 Å². The number of nitrogens with two attached hydrogens (primary N) is 1. The summed E-state index contributed by atoms with van der Waals surface area (Å²) < 4.78 is 5.58. The summed E-state index contributed by atoms with van der Waals surface area (Å²) in [5.74, 6) is 1.25. The van der Waals surface area contributed by atoms with Crippen LogP contribution in [0.1, 0.15) is 0 Å². The lowest BCUT2D eigenvalue weighted by atomic mass is 10.3. The molecule has 2 aromatic rings. The number of hydrogen-bond acceptors (Lipinski definition) is 3. The first kappa shape index (κ1) is 12.6. The van der Waals surface area contributed by atoms with Crippen molar-refractivity contribution in [3.8, 4) is 11.5 Å². The van der Waals surface area contributed by atoms with Gasteiger partial charge in [0, 0.05) is 12.3 Å². The third-order valence-corrected chi connectivity index (χ3v) is 2.48. The normalized spacial score (nSPS) is 9.83. The van der Waals surface area contributed by atoms with Crippen molar-refractivity contribution >= 4 is 34.6 Å². The molecule has 0 radical (unpaired) electrons. The third-order valence-electron chi connectivity index (χ3n) is 2.07. The van der Waals surface area contributed by atoms with Crippen molar-refractivity contribution < 1.29 is 4.74 Å². The molecule has 0 aliphatic carbocycles. The molecule has 1 heterocycles. The van der Waals surface area contributed by atoms with Crippen LogP contribution in [0, 0.1) is 0 Å². The Morgan fingerprint density at radius 1 is 1.33 bits per heavy atom. The van der Waals surface area contributed by atoms with Crippen LogP contribution in [0.25, 0.3) is 0 Å². The highest BCUT2D eigenvalue weighted by Crippen LogP contribution is 2.29. The van der Waals surface area contributed by atoms with Crippen LogP contribution >= 0.6 is 23.8 Å². The molecule has 0 atom stereocenters. The fraction of sp³-hybridized carbons (Fsp3) is 0. The Labute approximate surface area is 115 Å². The maximum absolute atomic E-state index is 6.07. The van der Waals surface area contributed by atoms with Gasteiger partial charge in [0.2, 0.25) is 0 Å². The SMILES string of the molecule is NC(=S)Nc1ccc(Oc2cccnc2)cc1Cl. The molecule has 0 fully saturated rings. The number of aromatic nitrogens is 1. The van der Waals surface area contributed by atoms with E-state index in [0.29, 0.717) is 22.2 Å². The first-order valence-corrected chi connectivity index (χ1v) is 5.87. The number of halogens is 1. The summed E-state index contributed by atoms with van der Waals surface area (Å²) in [5.41, 5.74) is 6.02. The summed E-state index contributed by atoms with van der Waals surface area (Å²) in [6.45, 7) is 0. The molecule has 0 aliphatic rings. The molecule has 0 aliphatic heterocycles. The minimum atomic E-state index is 0.165. The Bertz CT molecular complexity index is 563. The highest BCUT2D eigenvalue weighted by Gasteiger charge is 2.04. The van der Waals surface area contributed by atoms with Gasteiger partial charge in [-0.05, 0) is 36.5 Å². The van der Waals surface area contributed by atoms with E-state index in [0.717, 1.165) is 0 Å². The van der Waals surface area contributed by atoms with Crippen molar-refractivity contribution in [1.82, 2.24) is 4.98 Å². The molecule has 1 aromatic carbocycles. The number of rotatable bonds is 3. The summed E-state index contributed by atoms with van der Waals surface area (Å²) in [6.07, 6.45) is 3.30. The Kier molecular flexibility index (Phi) is 3.96. The van der Waals surface area contributed by atoms with Crippen LogP contribution in [0.3, 0.4) is 0 Å². The maximum Gasteiger partial charge on any atom is 0.168 e. The number of ether oxygens (including phenoxy) is 1. The van der Waals surface area contributed by atoms with Crippen LogP contribution in [-0.4, -0.2) is 10.1 Å². The largest absolute Gasteiger partial charge is 0.456 e. The average Bonchev–Trinajstić information content (AvgIpc) is 2.33. The average molecular weight is 280 g/mol. The fourth-order valence-corrected chi connectivity index (χ4v) is 1.66. The van der Waals surface area contributed by atoms with Gasteiger partial charge in [0.25, 0.3) is 0 Å². The standard InChI is InChI=1S/C12H10ClN3OS/c13-10-6-8(3-4-11(10)16-12(14)18)17-9-2-1-5-15-7-9/h1-7H,(H3,14,16,18). The number of pyridine rings is 1. The lowest BCUT2D eigenvalue weighted by Gasteiger charge is -2.09. The molecular weight excluding hydrogens is 270 g/mol. The second-order valence-electron chi connectivity index (χ2n) is 3.42. The van der Waals surface area contributed by atoms with E-state index in [2.05, 4.69) is 10.3 Å². The monoisotopic (exact) mass is 279 g/mol. The van der Waals surface area contributed by atoms with Gasteiger partial charge in [-0.2, -0.15) is 0 Å². The van der Waals surface area contributed by atoms with E-state index in [9.17, 15) is 0 Å². The number of hydrogen-bond donors (Lipinski definition) is 2. The highest BCUT2D eigenvalue weighted by atomic mass is 35.5. The Hall–Kier alpha value is -1.85. The Morgan fingerprint density at radius 3 is 2.78 bits per heavy atom. The molecule has 0 spiro atoms. The van der Waals surface area contributed by atoms with Gasteiger partial charge in [0.15, 0.2) is 5.11 Å². The molecule has 6 heteroatoms. The smallest absolute Gasteiger partial charge is 0.168 e. The second kappa shape index (κ2) is 5.66. The molecule has 0 amide bonds. The van der Waals surface area contributed by atoms with Gasteiger partial charge < -0.3 is 15.8 Å². The van der Waals surface area contributed by atoms with E-state index in [1.165, 1.54) is 0 Å². The van der Waals surface area contributed by atoms with Gasteiger partial charge in [0.05, 0.1) is 16.9 Å². The molecule has 4 nitrogen and oxygen atoms in total. The van der Waals surface area contributed by atoms with E-state index in [1.54, 1.807) is 36.7 Å². The third kappa shape index (κ3) is 3.32. The minimum absolute atomic E-state index is 0.165. The predicted octanol–water partition coefficient (Wildman–Crippen LogP) is 3.18. The minimum Gasteiger partial charge on any atom is -0.456 e. The zero-order valence-corrected chi connectivity index (χ0v) is 10.8. The van der Waals surface area contributed by atoms with Crippen molar-refractivity contribution in [3.05, 3.63) is 47.7 Å². The summed E-state index contributed by atoms with van der Waals surface area (Å²) in [6, 6.07) is 8.78. The number of nitrogens with zero attached hydrogens (tertiary/aromatic N) is 1. The molecule has 92 valence electrons.